The first kappa shape index (κ1) is 13.7. The van der Waals surface area contributed by atoms with E-state index in [2.05, 4.69) is 4.98 Å². The van der Waals surface area contributed by atoms with E-state index in [1.165, 1.54) is 0 Å². The summed E-state index contributed by atoms with van der Waals surface area (Å²) in [6, 6.07) is 7.34. The third-order valence-electron chi connectivity index (χ3n) is 4.49. The maximum atomic E-state index is 12.0. The molecule has 0 amide bonds. The Labute approximate surface area is 122 Å². The number of hydrogen-bond acceptors (Lipinski definition) is 2. The molecule has 21 heavy (non-hydrogen) atoms. The maximum Gasteiger partial charge on any atom is 0.330 e. The summed E-state index contributed by atoms with van der Waals surface area (Å²) in [4.78, 5) is 26.6. The highest BCUT2D eigenvalue weighted by Gasteiger charge is 2.44. The molecule has 2 aromatic rings. The predicted molar refractivity (Wildman–Crippen MR) is 78.9 cm³/mol. The van der Waals surface area contributed by atoms with Crippen molar-refractivity contribution in [3.8, 4) is 5.69 Å². The van der Waals surface area contributed by atoms with Crippen LogP contribution in [0, 0.1) is 6.92 Å². The molecule has 1 aromatic heterocycles. The summed E-state index contributed by atoms with van der Waals surface area (Å²) >= 11 is 0. The number of hydrogen-bond donors (Lipinski definition) is 2. The lowest BCUT2D eigenvalue weighted by molar-refractivity contribution is -0.143. The Morgan fingerprint density at radius 3 is 2.52 bits per heavy atom. The van der Waals surface area contributed by atoms with Crippen LogP contribution in [0.5, 0.6) is 0 Å². The Morgan fingerprint density at radius 2 is 1.95 bits per heavy atom. The number of rotatable bonds is 3. The van der Waals surface area contributed by atoms with Gasteiger partial charge in [0, 0.05) is 11.9 Å². The molecule has 1 saturated carbocycles. The molecule has 0 spiro atoms. The molecule has 1 aliphatic carbocycles. The molecule has 1 aliphatic rings. The van der Waals surface area contributed by atoms with Crippen LogP contribution in [0.15, 0.2) is 35.3 Å². The van der Waals surface area contributed by atoms with Gasteiger partial charge in [-0.05, 0) is 31.4 Å². The molecule has 1 fully saturated rings. The van der Waals surface area contributed by atoms with Gasteiger partial charge in [0.2, 0.25) is 0 Å². The highest BCUT2D eigenvalue weighted by atomic mass is 16.4. The number of aliphatic carboxylic acids is 1. The number of nitrogens with zero attached hydrogens (tertiary/aromatic N) is 1. The Morgan fingerprint density at radius 1 is 1.29 bits per heavy atom. The molecule has 0 atom stereocenters. The van der Waals surface area contributed by atoms with Crippen molar-refractivity contribution >= 4 is 5.97 Å². The van der Waals surface area contributed by atoms with Gasteiger partial charge in [0.05, 0.1) is 11.1 Å². The van der Waals surface area contributed by atoms with Gasteiger partial charge in [0.15, 0.2) is 0 Å². The maximum absolute atomic E-state index is 12.0. The largest absolute Gasteiger partial charge is 0.481 e. The van der Waals surface area contributed by atoms with Crippen LogP contribution in [0.3, 0.4) is 0 Å². The molecule has 110 valence electrons. The van der Waals surface area contributed by atoms with Gasteiger partial charge in [-0.2, -0.15) is 0 Å². The van der Waals surface area contributed by atoms with E-state index in [9.17, 15) is 14.7 Å². The number of nitrogens with one attached hydrogen (secondary N) is 1. The number of imidazole rings is 1. The fourth-order valence-corrected chi connectivity index (χ4v) is 3.41. The molecule has 0 bridgehead atoms. The number of benzene rings is 1. The van der Waals surface area contributed by atoms with Crippen molar-refractivity contribution in [3.63, 3.8) is 0 Å². The number of carboxylic acids is 1. The number of para-hydroxylation sites is 1. The number of aromatic amines is 1. The van der Waals surface area contributed by atoms with E-state index in [4.69, 9.17) is 0 Å². The molecular formula is C16H18N2O3. The number of carbonyl (C=O) groups is 1. The van der Waals surface area contributed by atoms with Crippen molar-refractivity contribution < 1.29 is 9.90 Å². The lowest BCUT2D eigenvalue weighted by Crippen LogP contribution is -2.34. The van der Waals surface area contributed by atoms with E-state index in [0.29, 0.717) is 18.5 Å². The number of aryl methyl sites for hydroxylation is 1. The van der Waals surface area contributed by atoms with Gasteiger partial charge < -0.3 is 10.1 Å². The summed E-state index contributed by atoms with van der Waals surface area (Å²) in [5.41, 5.74) is 1.06. The molecule has 3 rings (SSSR count). The Hall–Kier alpha value is -2.30. The highest BCUT2D eigenvalue weighted by Crippen LogP contribution is 2.43. The first-order chi connectivity index (χ1) is 10.1. The fourth-order valence-electron chi connectivity index (χ4n) is 3.41. The van der Waals surface area contributed by atoms with Gasteiger partial charge >= 0.3 is 11.7 Å². The van der Waals surface area contributed by atoms with E-state index >= 15 is 0 Å². The average molecular weight is 286 g/mol. The first-order valence-corrected chi connectivity index (χ1v) is 7.16. The van der Waals surface area contributed by atoms with Crippen molar-refractivity contribution in [1.29, 1.82) is 0 Å². The second-order valence-electron chi connectivity index (χ2n) is 5.68. The minimum atomic E-state index is -0.875. The van der Waals surface area contributed by atoms with Crippen molar-refractivity contribution in [1.82, 2.24) is 9.55 Å². The molecule has 5 heteroatoms. The van der Waals surface area contributed by atoms with Crippen LogP contribution >= 0.6 is 0 Å². The van der Waals surface area contributed by atoms with E-state index < -0.39 is 11.4 Å². The summed E-state index contributed by atoms with van der Waals surface area (Å²) in [6.07, 6.45) is 4.69. The highest BCUT2D eigenvalue weighted by molar-refractivity contribution is 5.83. The first-order valence-electron chi connectivity index (χ1n) is 7.16. The Kier molecular flexibility index (Phi) is 3.20. The minimum Gasteiger partial charge on any atom is -0.481 e. The van der Waals surface area contributed by atoms with Crippen LogP contribution < -0.4 is 5.69 Å². The summed E-state index contributed by atoms with van der Waals surface area (Å²) in [5.74, 6) is -0.798. The third-order valence-corrected chi connectivity index (χ3v) is 4.49. The number of H-pyrrole nitrogens is 1. The normalized spacial score (nSPS) is 17.0. The summed E-state index contributed by atoms with van der Waals surface area (Å²) in [6.45, 7) is 1.83. The molecule has 1 heterocycles. The monoisotopic (exact) mass is 286 g/mol. The van der Waals surface area contributed by atoms with Crippen molar-refractivity contribution in [2.24, 2.45) is 0 Å². The second-order valence-corrected chi connectivity index (χ2v) is 5.68. The van der Waals surface area contributed by atoms with Gasteiger partial charge in [-0.3, -0.25) is 9.36 Å². The van der Waals surface area contributed by atoms with Crippen LogP contribution in [0.1, 0.15) is 36.9 Å². The van der Waals surface area contributed by atoms with E-state index in [1.807, 2.05) is 31.2 Å². The zero-order valence-electron chi connectivity index (χ0n) is 11.9. The standard InChI is InChI=1S/C16H18N2O3/c1-11-10-17-15(21)18(11)13-7-3-2-6-12(13)16(14(19)20)8-4-5-9-16/h2-3,6-7,10H,4-5,8-9H2,1H3,(H,17,21)(H,19,20). The number of carboxylic acid groups (broad SMARTS) is 1. The molecular weight excluding hydrogens is 268 g/mol. The number of aromatic nitrogens is 2. The second kappa shape index (κ2) is 4.91. The molecule has 0 unspecified atom stereocenters. The fraction of sp³-hybridized carbons (Fsp3) is 0.375. The lowest BCUT2D eigenvalue weighted by atomic mass is 9.78. The lowest BCUT2D eigenvalue weighted by Gasteiger charge is -2.27. The van der Waals surface area contributed by atoms with Crippen molar-refractivity contribution in [2.75, 3.05) is 0 Å². The van der Waals surface area contributed by atoms with E-state index in [1.54, 1.807) is 10.8 Å². The zero-order valence-corrected chi connectivity index (χ0v) is 11.9. The van der Waals surface area contributed by atoms with Crippen LogP contribution in [0.2, 0.25) is 0 Å². The Bertz CT molecular complexity index is 736. The van der Waals surface area contributed by atoms with E-state index in [-0.39, 0.29) is 5.69 Å². The van der Waals surface area contributed by atoms with E-state index in [0.717, 1.165) is 24.1 Å². The molecule has 2 N–H and O–H groups in total. The van der Waals surface area contributed by atoms with Crippen molar-refractivity contribution in [2.45, 2.75) is 38.0 Å². The van der Waals surface area contributed by atoms with Gasteiger partial charge in [0.1, 0.15) is 0 Å². The Balaban J connectivity index is 2.26. The van der Waals surface area contributed by atoms with Crippen LogP contribution in [-0.2, 0) is 10.2 Å². The quantitative estimate of drug-likeness (QED) is 0.909. The van der Waals surface area contributed by atoms with Crippen LogP contribution in [-0.4, -0.2) is 20.6 Å². The minimum absolute atomic E-state index is 0.238. The van der Waals surface area contributed by atoms with Gasteiger partial charge in [-0.25, -0.2) is 4.79 Å². The van der Waals surface area contributed by atoms with Gasteiger partial charge in [0.25, 0.3) is 0 Å². The zero-order chi connectivity index (χ0) is 15.0. The average Bonchev–Trinajstić information content (AvgIpc) is 3.07. The molecule has 0 aliphatic heterocycles. The van der Waals surface area contributed by atoms with Crippen LogP contribution in [0.4, 0.5) is 0 Å². The summed E-state index contributed by atoms with van der Waals surface area (Å²) in [7, 11) is 0. The molecule has 1 aromatic carbocycles. The SMILES string of the molecule is Cc1c[nH]c(=O)n1-c1ccccc1C1(C(=O)O)CCCC1. The topological polar surface area (TPSA) is 75.1 Å². The molecule has 0 saturated heterocycles. The summed E-state index contributed by atoms with van der Waals surface area (Å²) < 4.78 is 1.55. The van der Waals surface area contributed by atoms with Crippen LogP contribution in [0.25, 0.3) is 5.69 Å². The smallest absolute Gasteiger partial charge is 0.330 e. The van der Waals surface area contributed by atoms with Crippen molar-refractivity contribution in [3.05, 3.63) is 52.2 Å². The summed E-state index contributed by atoms with van der Waals surface area (Å²) in [5, 5.41) is 9.78. The molecule has 5 nitrogen and oxygen atoms in total. The molecule has 0 radical (unpaired) electrons. The van der Waals surface area contributed by atoms with Gasteiger partial charge in [-0.15, -0.1) is 0 Å². The van der Waals surface area contributed by atoms with Gasteiger partial charge in [-0.1, -0.05) is 31.0 Å². The predicted octanol–water partition coefficient (Wildman–Crippen LogP) is 2.37. The third kappa shape index (κ3) is 2.00.